The average Bonchev–Trinajstić information content (AvgIpc) is 2.68. The predicted octanol–water partition coefficient (Wildman–Crippen LogP) is 5.42. The number of halogens is 1. The van der Waals surface area contributed by atoms with Gasteiger partial charge >= 0.3 is 0 Å². The first-order chi connectivity index (χ1) is 13.1. The van der Waals surface area contributed by atoms with Crippen LogP contribution < -0.4 is 10.2 Å². The Morgan fingerprint density at radius 3 is 2.52 bits per heavy atom. The van der Waals surface area contributed by atoms with Crippen molar-refractivity contribution in [3.8, 4) is 0 Å². The number of benzene rings is 3. The van der Waals surface area contributed by atoms with E-state index in [0.29, 0.717) is 5.56 Å². The zero-order valence-electron chi connectivity index (χ0n) is 15.1. The van der Waals surface area contributed by atoms with Crippen LogP contribution in [0.1, 0.15) is 35.3 Å². The SMILES string of the molecule is C[C@@H]1C[C@@H](Nc2cccc(F)c2)c2ccccc2N1C(=O)c1ccccc1. The highest BCUT2D eigenvalue weighted by molar-refractivity contribution is 6.07. The number of nitrogens with zero attached hydrogens (tertiary/aromatic N) is 1. The molecule has 4 rings (SSSR count). The Labute approximate surface area is 158 Å². The van der Waals surface area contributed by atoms with Crippen LogP contribution in [0.3, 0.4) is 0 Å². The van der Waals surface area contributed by atoms with Crippen LogP contribution in [0, 0.1) is 5.82 Å². The van der Waals surface area contributed by atoms with Gasteiger partial charge < -0.3 is 10.2 Å². The molecule has 1 heterocycles. The zero-order valence-corrected chi connectivity index (χ0v) is 15.1. The Balaban J connectivity index is 1.69. The summed E-state index contributed by atoms with van der Waals surface area (Å²) in [6.07, 6.45) is 0.742. The van der Waals surface area contributed by atoms with Crippen LogP contribution in [-0.2, 0) is 0 Å². The summed E-state index contributed by atoms with van der Waals surface area (Å²) < 4.78 is 13.6. The number of amides is 1. The summed E-state index contributed by atoms with van der Waals surface area (Å²) in [6.45, 7) is 2.05. The Morgan fingerprint density at radius 1 is 1.00 bits per heavy atom. The van der Waals surface area contributed by atoms with Gasteiger partial charge in [0.05, 0.1) is 6.04 Å². The molecule has 0 aromatic heterocycles. The van der Waals surface area contributed by atoms with Gasteiger partial charge in [-0.05, 0) is 55.3 Å². The summed E-state index contributed by atoms with van der Waals surface area (Å²) in [5.41, 5.74) is 3.36. The van der Waals surface area contributed by atoms with Crippen molar-refractivity contribution in [1.29, 1.82) is 0 Å². The van der Waals surface area contributed by atoms with Crippen LogP contribution in [0.4, 0.5) is 15.8 Å². The third-order valence-corrected chi connectivity index (χ3v) is 4.99. The van der Waals surface area contributed by atoms with Gasteiger partial charge in [0.1, 0.15) is 5.82 Å². The van der Waals surface area contributed by atoms with Crippen LogP contribution in [0.15, 0.2) is 78.9 Å². The number of carbonyl (C=O) groups excluding carboxylic acids is 1. The lowest BCUT2D eigenvalue weighted by Gasteiger charge is -2.40. The molecule has 0 fully saturated rings. The molecule has 0 saturated heterocycles. The van der Waals surface area contributed by atoms with Gasteiger partial charge in [0, 0.05) is 23.0 Å². The highest BCUT2D eigenvalue weighted by atomic mass is 19.1. The van der Waals surface area contributed by atoms with E-state index in [9.17, 15) is 9.18 Å². The van der Waals surface area contributed by atoms with E-state index in [1.165, 1.54) is 12.1 Å². The molecule has 3 aromatic carbocycles. The molecule has 4 heteroatoms. The van der Waals surface area contributed by atoms with Crippen LogP contribution in [0.5, 0.6) is 0 Å². The maximum atomic E-state index is 13.6. The summed E-state index contributed by atoms with van der Waals surface area (Å²) in [7, 11) is 0. The van der Waals surface area contributed by atoms with Gasteiger partial charge in [-0.15, -0.1) is 0 Å². The van der Waals surface area contributed by atoms with E-state index in [-0.39, 0.29) is 23.8 Å². The molecule has 0 aliphatic carbocycles. The Kier molecular flexibility index (Phi) is 4.63. The van der Waals surface area contributed by atoms with Crippen molar-refractivity contribution in [3.63, 3.8) is 0 Å². The molecule has 1 amide bonds. The number of carbonyl (C=O) groups is 1. The van der Waals surface area contributed by atoms with E-state index in [2.05, 4.69) is 12.2 Å². The van der Waals surface area contributed by atoms with Crippen LogP contribution in [-0.4, -0.2) is 11.9 Å². The van der Waals surface area contributed by atoms with Crippen molar-refractivity contribution in [2.45, 2.75) is 25.4 Å². The first-order valence-electron chi connectivity index (χ1n) is 9.13. The summed E-state index contributed by atoms with van der Waals surface area (Å²) in [5.74, 6) is -0.266. The lowest BCUT2D eigenvalue weighted by Crippen LogP contribution is -2.44. The zero-order chi connectivity index (χ0) is 18.8. The number of rotatable bonds is 3. The second-order valence-electron chi connectivity index (χ2n) is 6.89. The van der Waals surface area contributed by atoms with E-state index in [0.717, 1.165) is 23.4 Å². The van der Waals surface area contributed by atoms with Crippen molar-refractivity contribution in [2.24, 2.45) is 0 Å². The minimum atomic E-state index is -0.266. The molecule has 1 aliphatic rings. The maximum Gasteiger partial charge on any atom is 0.258 e. The van der Waals surface area contributed by atoms with Crippen LogP contribution in [0.2, 0.25) is 0 Å². The molecule has 27 heavy (non-hydrogen) atoms. The van der Waals surface area contributed by atoms with Crippen molar-refractivity contribution >= 4 is 17.3 Å². The number of hydrogen-bond acceptors (Lipinski definition) is 2. The van der Waals surface area contributed by atoms with Gasteiger partial charge in [-0.2, -0.15) is 0 Å². The quantitative estimate of drug-likeness (QED) is 0.676. The molecule has 0 spiro atoms. The van der Waals surface area contributed by atoms with Crippen molar-refractivity contribution in [1.82, 2.24) is 0 Å². The van der Waals surface area contributed by atoms with E-state index in [4.69, 9.17) is 0 Å². The number of hydrogen-bond donors (Lipinski definition) is 1. The van der Waals surface area contributed by atoms with Gasteiger partial charge in [0.25, 0.3) is 5.91 Å². The first-order valence-corrected chi connectivity index (χ1v) is 9.13. The maximum absolute atomic E-state index is 13.6. The monoisotopic (exact) mass is 360 g/mol. The van der Waals surface area contributed by atoms with Crippen LogP contribution >= 0.6 is 0 Å². The fourth-order valence-corrected chi connectivity index (χ4v) is 3.76. The number of nitrogens with one attached hydrogen (secondary N) is 1. The first kappa shape index (κ1) is 17.3. The van der Waals surface area contributed by atoms with E-state index in [1.54, 1.807) is 6.07 Å². The fraction of sp³-hybridized carbons (Fsp3) is 0.174. The smallest absolute Gasteiger partial charge is 0.258 e. The molecule has 0 saturated carbocycles. The summed E-state index contributed by atoms with van der Waals surface area (Å²) in [4.78, 5) is 15.0. The topological polar surface area (TPSA) is 32.3 Å². The third-order valence-electron chi connectivity index (χ3n) is 4.99. The lowest BCUT2D eigenvalue weighted by molar-refractivity contribution is 0.0974. The van der Waals surface area contributed by atoms with Gasteiger partial charge in [0.15, 0.2) is 0 Å². The highest BCUT2D eigenvalue weighted by Crippen LogP contribution is 2.39. The third kappa shape index (κ3) is 3.43. The molecule has 3 nitrogen and oxygen atoms in total. The van der Waals surface area contributed by atoms with Crippen LogP contribution in [0.25, 0.3) is 0 Å². The number of para-hydroxylation sites is 1. The summed E-state index contributed by atoms with van der Waals surface area (Å²) >= 11 is 0. The minimum Gasteiger partial charge on any atom is -0.378 e. The van der Waals surface area contributed by atoms with E-state index in [1.807, 2.05) is 65.6 Å². The molecule has 0 bridgehead atoms. The van der Waals surface area contributed by atoms with Gasteiger partial charge in [0.2, 0.25) is 0 Å². The molecular formula is C23H21FN2O. The van der Waals surface area contributed by atoms with Crippen molar-refractivity contribution in [3.05, 3.63) is 95.8 Å². The Hall–Kier alpha value is -3.14. The van der Waals surface area contributed by atoms with Gasteiger partial charge in [-0.25, -0.2) is 4.39 Å². The van der Waals surface area contributed by atoms with Crippen molar-refractivity contribution in [2.75, 3.05) is 10.2 Å². The van der Waals surface area contributed by atoms with E-state index >= 15 is 0 Å². The molecule has 136 valence electrons. The standard InChI is InChI=1S/C23H21FN2O/c1-16-14-21(25-19-11-7-10-18(24)15-19)20-12-5-6-13-22(20)26(16)23(27)17-8-3-2-4-9-17/h2-13,15-16,21,25H,14H2,1H3/t16-,21-/m1/s1. The van der Waals surface area contributed by atoms with Gasteiger partial charge in [-0.3, -0.25) is 4.79 Å². The molecule has 0 radical (unpaired) electrons. The number of fused-ring (bicyclic) bond motifs is 1. The normalized spacial score (nSPS) is 18.7. The molecular weight excluding hydrogens is 339 g/mol. The summed E-state index contributed by atoms with van der Waals surface area (Å²) in [6, 6.07) is 23.8. The highest BCUT2D eigenvalue weighted by Gasteiger charge is 2.34. The van der Waals surface area contributed by atoms with E-state index < -0.39 is 0 Å². The van der Waals surface area contributed by atoms with Gasteiger partial charge in [-0.1, -0.05) is 42.5 Å². The number of anilines is 2. The second-order valence-corrected chi connectivity index (χ2v) is 6.89. The second kappa shape index (κ2) is 7.23. The molecule has 2 atom stereocenters. The Morgan fingerprint density at radius 2 is 1.74 bits per heavy atom. The molecule has 3 aromatic rings. The minimum absolute atomic E-state index is 0.000226. The molecule has 0 unspecified atom stereocenters. The molecule has 1 N–H and O–H groups in total. The fourth-order valence-electron chi connectivity index (χ4n) is 3.76. The average molecular weight is 360 g/mol. The lowest BCUT2D eigenvalue weighted by atomic mass is 9.90. The van der Waals surface area contributed by atoms with Crippen molar-refractivity contribution < 1.29 is 9.18 Å². The summed E-state index contributed by atoms with van der Waals surface area (Å²) in [5, 5.41) is 3.43. The largest absolute Gasteiger partial charge is 0.378 e. The molecule has 1 aliphatic heterocycles. The predicted molar refractivity (Wildman–Crippen MR) is 107 cm³/mol. The Bertz CT molecular complexity index is 957.